The van der Waals surface area contributed by atoms with Gasteiger partial charge in [-0.05, 0) is 82.1 Å². The fourth-order valence-electron chi connectivity index (χ4n) is 6.25. The Morgan fingerprint density at radius 2 is 1.89 bits per heavy atom. The van der Waals surface area contributed by atoms with Crippen LogP contribution >= 0.6 is 0 Å². The van der Waals surface area contributed by atoms with Gasteiger partial charge in [0.15, 0.2) is 10.8 Å². The molecule has 242 valence electrons. The van der Waals surface area contributed by atoms with Crippen molar-refractivity contribution in [3.05, 3.63) is 48.2 Å². The number of amides is 1. The van der Waals surface area contributed by atoms with E-state index < -0.39 is 33.1 Å². The average Bonchev–Trinajstić information content (AvgIpc) is 3.51. The van der Waals surface area contributed by atoms with Gasteiger partial charge in [0, 0.05) is 30.9 Å². The molecule has 1 unspecified atom stereocenters. The highest BCUT2D eigenvalue weighted by molar-refractivity contribution is 7.90. The van der Waals surface area contributed by atoms with Gasteiger partial charge in [0.05, 0.1) is 17.6 Å². The number of pyridine rings is 2. The molecule has 3 aliphatic rings. The van der Waals surface area contributed by atoms with E-state index in [-0.39, 0.29) is 48.3 Å². The Kier molecular flexibility index (Phi) is 7.73. The molecule has 2 aliphatic heterocycles. The lowest BCUT2D eigenvalue weighted by Gasteiger charge is -2.34. The van der Waals surface area contributed by atoms with Crippen LogP contribution in [0.5, 0.6) is 5.88 Å². The minimum Gasteiger partial charge on any atom is -0.477 e. The summed E-state index contributed by atoms with van der Waals surface area (Å²) in [5.74, 6) is 0.903. The van der Waals surface area contributed by atoms with Gasteiger partial charge in [-0.25, -0.2) is 19.4 Å². The maximum atomic E-state index is 13.6. The van der Waals surface area contributed by atoms with Crippen molar-refractivity contribution in [1.29, 1.82) is 0 Å². The first kappa shape index (κ1) is 31.1. The van der Waals surface area contributed by atoms with E-state index in [4.69, 9.17) is 9.72 Å². The van der Waals surface area contributed by atoms with Gasteiger partial charge in [-0.15, -0.1) is 5.10 Å². The molecule has 3 aromatic heterocycles. The van der Waals surface area contributed by atoms with Crippen LogP contribution in [0.1, 0.15) is 63.2 Å². The molecule has 6 rings (SSSR count). The Balaban J connectivity index is 1.32. The van der Waals surface area contributed by atoms with E-state index in [9.17, 15) is 26.4 Å². The number of aromatic nitrogens is 4. The highest BCUT2D eigenvalue weighted by Crippen LogP contribution is 2.59. The summed E-state index contributed by atoms with van der Waals surface area (Å²) in [6.07, 6.45) is -0.959. The van der Waals surface area contributed by atoms with E-state index in [1.807, 2.05) is 4.90 Å². The number of nitrogens with zero attached hydrogens (tertiary/aromatic N) is 5. The van der Waals surface area contributed by atoms with Crippen molar-refractivity contribution < 1.29 is 31.1 Å². The Bertz CT molecular complexity index is 1710. The second-order valence-corrected chi connectivity index (χ2v) is 14.5. The number of fused-ring (bicyclic) bond motifs is 6. The Labute approximate surface area is 259 Å². The molecule has 2 N–H and O–H groups in total. The molecule has 1 saturated carbocycles. The molecular formula is C30H36F3N7O4S. The summed E-state index contributed by atoms with van der Waals surface area (Å²) in [4.78, 5) is 24.7. The first-order valence-corrected chi connectivity index (χ1v) is 16.5. The van der Waals surface area contributed by atoms with Gasteiger partial charge in [-0.2, -0.15) is 21.6 Å². The van der Waals surface area contributed by atoms with Crippen molar-refractivity contribution in [2.75, 3.05) is 29.9 Å². The Morgan fingerprint density at radius 3 is 2.62 bits per heavy atom. The number of anilines is 2. The quantitative estimate of drug-likeness (QED) is 0.395. The van der Waals surface area contributed by atoms with Gasteiger partial charge >= 0.3 is 6.18 Å². The summed E-state index contributed by atoms with van der Waals surface area (Å²) in [7, 11) is -4.31. The standard InChI is InChI=1S/C30H36F3N7O4S/c1-19-9-14-34-22-5-4-6-25(35-22)45(42,43)38-27(41)21-7-8-23(36-26(21)39-18-20(19)17-28(39,2)3)40-15-10-24(37-40)44-16-13-29(11-12-29)30(31,32)33/h4-8,10,15,19-20H,9,11-14,16-18H2,1-3H3,(H,34,35)(H,38,41)/t19-,20?/m0/s1. The second-order valence-electron chi connectivity index (χ2n) is 12.9. The number of carbonyl (C=O) groups excluding carboxylic acids is 1. The highest BCUT2D eigenvalue weighted by Gasteiger charge is 2.62. The lowest BCUT2D eigenvalue weighted by molar-refractivity contribution is -0.190. The van der Waals surface area contributed by atoms with Crippen LogP contribution in [-0.2, 0) is 10.0 Å². The summed E-state index contributed by atoms with van der Waals surface area (Å²) < 4.78 is 75.4. The number of carbonyl (C=O) groups is 1. The first-order valence-electron chi connectivity index (χ1n) is 15.0. The number of sulfonamides is 1. The molecule has 1 saturated heterocycles. The Hall–Kier alpha value is -3.88. The van der Waals surface area contributed by atoms with Crippen molar-refractivity contribution in [2.24, 2.45) is 17.3 Å². The third-order valence-corrected chi connectivity index (χ3v) is 10.5. The van der Waals surface area contributed by atoms with Crippen molar-refractivity contribution in [2.45, 2.75) is 69.6 Å². The van der Waals surface area contributed by atoms with Crippen LogP contribution in [0.4, 0.5) is 24.8 Å². The molecule has 4 bridgehead atoms. The summed E-state index contributed by atoms with van der Waals surface area (Å²) in [6.45, 7) is 7.38. The molecule has 2 atom stereocenters. The second kappa shape index (κ2) is 11.2. The summed E-state index contributed by atoms with van der Waals surface area (Å²) in [5.41, 5.74) is -2.01. The van der Waals surface area contributed by atoms with Crippen LogP contribution in [0.15, 0.2) is 47.6 Å². The number of alkyl halides is 3. The molecule has 0 spiro atoms. The predicted octanol–water partition coefficient (Wildman–Crippen LogP) is 4.95. The molecule has 15 heteroatoms. The van der Waals surface area contributed by atoms with Gasteiger partial charge < -0.3 is 15.0 Å². The Morgan fingerprint density at radius 1 is 1.11 bits per heavy atom. The van der Waals surface area contributed by atoms with Crippen molar-refractivity contribution in [3.63, 3.8) is 0 Å². The molecule has 1 amide bonds. The van der Waals surface area contributed by atoms with Crippen LogP contribution in [0.25, 0.3) is 5.82 Å². The third-order valence-electron chi connectivity index (χ3n) is 9.29. The molecule has 2 fully saturated rings. The number of nitrogens with one attached hydrogen (secondary N) is 2. The molecule has 11 nitrogen and oxygen atoms in total. The minimum atomic E-state index is -4.31. The van der Waals surface area contributed by atoms with Crippen molar-refractivity contribution in [1.82, 2.24) is 24.5 Å². The van der Waals surface area contributed by atoms with Crippen LogP contribution < -0.4 is 19.7 Å². The molecule has 5 heterocycles. The van der Waals surface area contributed by atoms with Crippen LogP contribution in [-0.4, -0.2) is 65.5 Å². The van der Waals surface area contributed by atoms with Gasteiger partial charge in [0.2, 0.25) is 5.88 Å². The lowest BCUT2D eigenvalue weighted by atomic mass is 9.86. The molecule has 45 heavy (non-hydrogen) atoms. The zero-order chi connectivity index (χ0) is 32.2. The van der Waals surface area contributed by atoms with Gasteiger partial charge in [-0.3, -0.25) is 4.79 Å². The van der Waals surface area contributed by atoms with Gasteiger partial charge in [-0.1, -0.05) is 13.0 Å². The predicted molar refractivity (Wildman–Crippen MR) is 160 cm³/mol. The van der Waals surface area contributed by atoms with E-state index in [1.165, 1.54) is 28.9 Å². The highest BCUT2D eigenvalue weighted by atomic mass is 32.2. The number of hydrogen-bond acceptors (Lipinski definition) is 9. The normalized spacial score (nSPS) is 23.6. The number of rotatable bonds is 5. The van der Waals surface area contributed by atoms with E-state index >= 15 is 0 Å². The summed E-state index contributed by atoms with van der Waals surface area (Å²) in [5, 5.41) is 7.27. The summed E-state index contributed by atoms with van der Waals surface area (Å²) in [6, 6.07) is 9.14. The third kappa shape index (κ3) is 6.18. The zero-order valence-corrected chi connectivity index (χ0v) is 26.1. The van der Waals surface area contributed by atoms with E-state index in [0.29, 0.717) is 36.5 Å². The van der Waals surface area contributed by atoms with Crippen molar-refractivity contribution in [3.8, 4) is 11.7 Å². The van der Waals surface area contributed by atoms with E-state index in [2.05, 4.69) is 40.9 Å². The fraction of sp³-hybridized carbons (Fsp3) is 0.533. The topological polar surface area (TPSA) is 131 Å². The van der Waals surface area contributed by atoms with E-state index in [0.717, 1.165) is 12.8 Å². The molecule has 0 aromatic carbocycles. The van der Waals surface area contributed by atoms with Gasteiger partial charge in [0.1, 0.15) is 11.6 Å². The molecule has 0 radical (unpaired) electrons. The lowest BCUT2D eigenvalue weighted by Crippen LogP contribution is -2.41. The van der Waals surface area contributed by atoms with Crippen LogP contribution in [0, 0.1) is 17.3 Å². The summed E-state index contributed by atoms with van der Waals surface area (Å²) >= 11 is 0. The van der Waals surface area contributed by atoms with Crippen LogP contribution in [0.2, 0.25) is 0 Å². The SMILES string of the molecule is C[C@H]1CCNc2cccc(n2)S(=O)(=O)NC(=O)c2ccc(-n3ccc(OCCC4(C(F)(F)F)CC4)n3)nc2N2CC1CC2(C)C. The first-order chi connectivity index (χ1) is 21.2. The van der Waals surface area contributed by atoms with Crippen molar-refractivity contribution >= 4 is 27.6 Å². The van der Waals surface area contributed by atoms with Crippen LogP contribution in [0.3, 0.4) is 0 Å². The maximum absolute atomic E-state index is 13.6. The number of hydrogen-bond donors (Lipinski definition) is 2. The zero-order valence-electron chi connectivity index (χ0n) is 25.3. The van der Waals surface area contributed by atoms with Gasteiger partial charge in [0.25, 0.3) is 15.9 Å². The molecule has 1 aliphatic carbocycles. The average molecular weight is 648 g/mol. The fourth-order valence-corrected chi connectivity index (χ4v) is 7.18. The van der Waals surface area contributed by atoms with E-state index in [1.54, 1.807) is 18.3 Å². The minimum absolute atomic E-state index is 0.0679. The smallest absolute Gasteiger partial charge is 0.394 e. The monoisotopic (exact) mass is 647 g/mol. The molecule has 3 aromatic rings. The number of halogens is 3. The largest absolute Gasteiger partial charge is 0.477 e. The number of ether oxygens (including phenoxy) is 1. The molecular weight excluding hydrogens is 611 g/mol. The maximum Gasteiger partial charge on any atom is 0.394 e.